The van der Waals surface area contributed by atoms with Gasteiger partial charge in [0.05, 0.1) is 25.5 Å². The van der Waals surface area contributed by atoms with E-state index in [9.17, 15) is 0 Å². The van der Waals surface area contributed by atoms with Gasteiger partial charge in [0.1, 0.15) is 6.04 Å². The molecule has 0 saturated carbocycles. The Kier molecular flexibility index (Phi) is 3.67. The molecule has 76 valence electrons. The van der Waals surface area contributed by atoms with Gasteiger partial charge in [-0.2, -0.15) is 0 Å². The summed E-state index contributed by atoms with van der Waals surface area (Å²) in [4.78, 5) is 0. The van der Waals surface area contributed by atoms with Gasteiger partial charge in [-0.1, -0.05) is 6.58 Å². The van der Waals surface area contributed by atoms with Gasteiger partial charge in [0.25, 0.3) is 0 Å². The van der Waals surface area contributed by atoms with Crippen LogP contribution in [0.15, 0.2) is 12.2 Å². The predicted molar refractivity (Wildman–Crippen MR) is 52.4 cm³/mol. The van der Waals surface area contributed by atoms with E-state index >= 15 is 0 Å². The zero-order chi connectivity index (χ0) is 8.60. The highest BCUT2D eigenvalue weighted by atomic mass is 35.5. The van der Waals surface area contributed by atoms with Crippen LogP contribution < -0.4 is 12.4 Å². The average Bonchev–Trinajstić information content (AvgIpc) is 2.55. The Morgan fingerprint density at radius 1 is 1.46 bits per heavy atom. The first kappa shape index (κ1) is 11.4. The lowest BCUT2D eigenvalue weighted by molar-refractivity contribution is -0.922. The van der Waals surface area contributed by atoms with E-state index in [0.29, 0.717) is 0 Å². The second kappa shape index (κ2) is 4.20. The number of rotatable bonds is 2. The molecule has 2 aliphatic heterocycles. The van der Waals surface area contributed by atoms with Crippen molar-refractivity contribution in [1.29, 1.82) is 0 Å². The monoisotopic (exact) mass is 221 g/mol. The summed E-state index contributed by atoms with van der Waals surface area (Å²) in [5, 5.41) is 0. The van der Waals surface area contributed by atoms with E-state index in [4.69, 9.17) is 11.6 Å². The number of nitrogens with zero attached hydrogens (tertiary/aromatic N) is 1. The number of halogens is 2. The highest BCUT2D eigenvalue weighted by Gasteiger charge is 2.46. The lowest BCUT2D eigenvalue weighted by atomic mass is 10.1. The third kappa shape index (κ3) is 1.74. The summed E-state index contributed by atoms with van der Waals surface area (Å²) in [5.41, 5.74) is 1.48. The molecule has 3 heteroatoms. The molecule has 2 heterocycles. The third-order valence-electron chi connectivity index (χ3n) is 3.62. The van der Waals surface area contributed by atoms with E-state index in [1.807, 2.05) is 0 Å². The Bertz CT molecular complexity index is 205. The van der Waals surface area contributed by atoms with Crippen molar-refractivity contribution in [2.75, 3.05) is 25.5 Å². The fourth-order valence-corrected chi connectivity index (χ4v) is 3.31. The van der Waals surface area contributed by atoms with Crippen molar-refractivity contribution in [3.8, 4) is 0 Å². The zero-order valence-electron chi connectivity index (χ0n) is 7.94. The minimum absolute atomic E-state index is 0. The molecule has 0 bridgehead atoms. The van der Waals surface area contributed by atoms with E-state index in [1.165, 1.54) is 42.4 Å². The van der Waals surface area contributed by atoms with Crippen LogP contribution in [0.3, 0.4) is 0 Å². The number of alkyl halides is 1. The van der Waals surface area contributed by atoms with Crippen molar-refractivity contribution in [2.45, 2.75) is 25.3 Å². The molecule has 0 aromatic heterocycles. The molecule has 13 heavy (non-hydrogen) atoms. The molecule has 2 fully saturated rings. The van der Waals surface area contributed by atoms with E-state index < -0.39 is 0 Å². The molecule has 2 aliphatic rings. The zero-order valence-corrected chi connectivity index (χ0v) is 9.45. The molecular weight excluding hydrogens is 205 g/mol. The van der Waals surface area contributed by atoms with Crippen LogP contribution in [0.5, 0.6) is 0 Å². The molecule has 0 aromatic rings. The van der Waals surface area contributed by atoms with E-state index in [1.54, 1.807) is 0 Å². The van der Waals surface area contributed by atoms with Crippen LogP contribution >= 0.6 is 11.6 Å². The summed E-state index contributed by atoms with van der Waals surface area (Å²) in [7, 11) is 0. The van der Waals surface area contributed by atoms with Crippen molar-refractivity contribution < 1.29 is 16.9 Å². The molecule has 0 aromatic carbocycles. The minimum Gasteiger partial charge on any atom is -1.00 e. The first-order valence-corrected chi connectivity index (χ1v) is 5.41. The van der Waals surface area contributed by atoms with Crippen molar-refractivity contribution >= 4 is 11.6 Å². The lowest BCUT2D eigenvalue weighted by Gasteiger charge is -2.34. The van der Waals surface area contributed by atoms with E-state index in [-0.39, 0.29) is 12.4 Å². The summed E-state index contributed by atoms with van der Waals surface area (Å²) in [6.07, 6.45) is 3.97. The van der Waals surface area contributed by atoms with Crippen LogP contribution in [-0.4, -0.2) is 36.0 Å². The number of hydrogen-bond acceptors (Lipinski definition) is 0. The van der Waals surface area contributed by atoms with Crippen LogP contribution in [0.1, 0.15) is 19.3 Å². The van der Waals surface area contributed by atoms with Gasteiger partial charge in [0.15, 0.2) is 0 Å². The Hall–Kier alpha value is 0.280. The van der Waals surface area contributed by atoms with Crippen molar-refractivity contribution in [2.24, 2.45) is 0 Å². The molecule has 0 amide bonds. The molecule has 0 N–H and O–H groups in total. The van der Waals surface area contributed by atoms with Crippen molar-refractivity contribution in [1.82, 2.24) is 0 Å². The Balaban J connectivity index is 0.000000845. The van der Waals surface area contributed by atoms with Crippen LogP contribution in [0.2, 0.25) is 0 Å². The van der Waals surface area contributed by atoms with Gasteiger partial charge in [-0.3, -0.25) is 0 Å². The molecule has 2 rings (SSSR count). The van der Waals surface area contributed by atoms with Crippen molar-refractivity contribution in [3.05, 3.63) is 12.2 Å². The van der Waals surface area contributed by atoms with Gasteiger partial charge in [-0.05, 0) is 5.57 Å². The summed E-state index contributed by atoms with van der Waals surface area (Å²) in [6, 6.07) is 0.767. The van der Waals surface area contributed by atoms with E-state index in [2.05, 4.69) is 6.58 Å². The van der Waals surface area contributed by atoms with Gasteiger partial charge in [-0.15, -0.1) is 11.6 Å². The standard InChI is InChI=1S/C10H17ClN.ClH/c1-9-4-7-12(8-5-11)6-2-3-10(9)12;/h10H,1-8H2;1H/q+1;/p-1. The van der Waals surface area contributed by atoms with Gasteiger partial charge in [-0.25, -0.2) is 0 Å². The highest BCUT2D eigenvalue weighted by molar-refractivity contribution is 6.17. The molecule has 1 nitrogen and oxygen atoms in total. The maximum atomic E-state index is 5.85. The second-order valence-corrected chi connectivity index (χ2v) is 4.52. The third-order valence-corrected chi connectivity index (χ3v) is 3.79. The molecule has 2 atom stereocenters. The quantitative estimate of drug-likeness (QED) is 0.325. The highest BCUT2D eigenvalue weighted by Crippen LogP contribution is 2.38. The summed E-state index contributed by atoms with van der Waals surface area (Å²) < 4.78 is 1.27. The average molecular weight is 222 g/mol. The fraction of sp³-hybridized carbons (Fsp3) is 0.800. The van der Waals surface area contributed by atoms with Crippen LogP contribution in [-0.2, 0) is 0 Å². The lowest BCUT2D eigenvalue weighted by Crippen LogP contribution is -3.00. The summed E-state index contributed by atoms with van der Waals surface area (Å²) in [5.74, 6) is 0.809. The number of quaternary nitrogens is 1. The van der Waals surface area contributed by atoms with Crippen LogP contribution in [0.25, 0.3) is 0 Å². The van der Waals surface area contributed by atoms with E-state index in [0.717, 1.165) is 18.5 Å². The maximum absolute atomic E-state index is 5.85. The van der Waals surface area contributed by atoms with Gasteiger partial charge < -0.3 is 16.9 Å². The second-order valence-electron chi connectivity index (χ2n) is 4.14. The largest absolute Gasteiger partial charge is 1.00 e. The topological polar surface area (TPSA) is 0 Å². The normalized spacial score (nSPS) is 37.3. The first-order valence-electron chi connectivity index (χ1n) is 4.88. The fourth-order valence-electron chi connectivity index (χ4n) is 2.97. The summed E-state index contributed by atoms with van der Waals surface area (Å²) >= 11 is 5.85. The van der Waals surface area contributed by atoms with Gasteiger partial charge in [0.2, 0.25) is 0 Å². The SMILES string of the molecule is C=C1CC[N+]2(CCCl)CCCC12.[Cl-]. The Morgan fingerprint density at radius 2 is 2.23 bits per heavy atom. The Labute approximate surface area is 91.7 Å². The number of fused-ring (bicyclic) bond motifs is 1. The molecule has 2 saturated heterocycles. The first-order chi connectivity index (χ1) is 5.78. The van der Waals surface area contributed by atoms with Crippen LogP contribution in [0, 0.1) is 0 Å². The molecule has 0 aliphatic carbocycles. The Morgan fingerprint density at radius 3 is 2.92 bits per heavy atom. The maximum Gasteiger partial charge on any atom is 0.111 e. The smallest absolute Gasteiger partial charge is 0.111 e. The molecule has 0 spiro atoms. The molecule has 0 radical (unpaired) electrons. The number of hydrogen-bond donors (Lipinski definition) is 0. The van der Waals surface area contributed by atoms with Crippen LogP contribution in [0.4, 0.5) is 0 Å². The molecule has 2 unspecified atom stereocenters. The van der Waals surface area contributed by atoms with Gasteiger partial charge in [0, 0.05) is 19.3 Å². The minimum atomic E-state index is 0. The molecular formula is C10H17Cl2N. The predicted octanol–water partition coefficient (Wildman–Crippen LogP) is -0.832. The van der Waals surface area contributed by atoms with Crippen molar-refractivity contribution in [3.63, 3.8) is 0 Å². The summed E-state index contributed by atoms with van der Waals surface area (Å²) in [6.45, 7) is 7.97. The van der Waals surface area contributed by atoms with Gasteiger partial charge >= 0.3 is 0 Å².